The quantitative estimate of drug-likeness (QED) is 0.741. The van der Waals surface area contributed by atoms with Crippen molar-refractivity contribution in [3.63, 3.8) is 0 Å². The van der Waals surface area contributed by atoms with E-state index in [1.54, 1.807) is 12.1 Å². The molecule has 0 spiro atoms. The lowest BCUT2D eigenvalue weighted by atomic mass is 10.2. The molecule has 2 aromatic rings. The largest absolute Gasteiger partial charge is 0.450 e. The predicted octanol–water partition coefficient (Wildman–Crippen LogP) is 3.25. The van der Waals surface area contributed by atoms with Gasteiger partial charge in [-0.1, -0.05) is 23.9 Å². The van der Waals surface area contributed by atoms with Crippen LogP contribution in [-0.2, 0) is 19.1 Å². The number of nitrogens with zero attached hydrogens (tertiary/aromatic N) is 2. The monoisotopic (exact) mass is 425 g/mol. The van der Waals surface area contributed by atoms with Gasteiger partial charge in [-0.2, -0.15) is 0 Å². The van der Waals surface area contributed by atoms with Gasteiger partial charge in [0, 0.05) is 43.2 Å². The van der Waals surface area contributed by atoms with Crippen molar-refractivity contribution in [3.05, 3.63) is 48.5 Å². The second-order valence-corrected chi connectivity index (χ2v) is 8.88. The zero-order valence-corrected chi connectivity index (χ0v) is 17.9. The number of hydrogen-bond acceptors (Lipinski definition) is 6. The summed E-state index contributed by atoms with van der Waals surface area (Å²) in [7, 11) is 3.87. The lowest BCUT2D eigenvalue weighted by Crippen LogP contribution is -2.49. The van der Waals surface area contributed by atoms with Crippen LogP contribution >= 0.6 is 11.8 Å². The van der Waals surface area contributed by atoms with Gasteiger partial charge < -0.3 is 15.0 Å². The standard InChI is InChI=1S/C22H23N3O4S/c1-14(20(27)23-15-8-10-16(11-9-15)24(2)3)29-21(28)22-13-12-19(26)25(22)17-6-4-5-7-18(17)30-22/h4-11,14H,12-13H2,1-3H3,(H,23,27). The van der Waals surface area contributed by atoms with Crippen molar-refractivity contribution in [1.82, 2.24) is 0 Å². The van der Waals surface area contributed by atoms with E-state index in [9.17, 15) is 14.4 Å². The number of benzene rings is 2. The number of fused-ring (bicyclic) bond motifs is 3. The second kappa shape index (κ2) is 7.68. The number of nitrogens with one attached hydrogen (secondary N) is 1. The molecule has 2 heterocycles. The second-order valence-electron chi connectivity index (χ2n) is 7.56. The zero-order chi connectivity index (χ0) is 21.5. The minimum Gasteiger partial charge on any atom is -0.450 e. The van der Waals surface area contributed by atoms with E-state index in [1.807, 2.05) is 55.4 Å². The summed E-state index contributed by atoms with van der Waals surface area (Å²) in [5.74, 6) is -1.10. The smallest absolute Gasteiger partial charge is 0.344 e. The molecule has 2 aromatic carbocycles. The molecule has 0 aromatic heterocycles. The molecule has 1 fully saturated rings. The van der Waals surface area contributed by atoms with Gasteiger partial charge in [0.15, 0.2) is 11.0 Å². The van der Waals surface area contributed by atoms with Crippen LogP contribution in [0.1, 0.15) is 19.8 Å². The maximum atomic E-state index is 13.1. The summed E-state index contributed by atoms with van der Waals surface area (Å²) in [5, 5.41) is 2.77. The van der Waals surface area contributed by atoms with Gasteiger partial charge in [0.25, 0.3) is 5.91 Å². The number of anilines is 3. The summed E-state index contributed by atoms with van der Waals surface area (Å²) in [6.45, 7) is 1.53. The molecular formula is C22H23N3O4S. The first kappa shape index (κ1) is 20.3. The summed E-state index contributed by atoms with van der Waals surface area (Å²) >= 11 is 1.32. The number of para-hydroxylation sites is 1. The van der Waals surface area contributed by atoms with Crippen molar-refractivity contribution in [2.24, 2.45) is 0 Å². The number of hydrogen-bond donors (Lipinski definition) is 1. The molecule has 0 aliphatic carbocycles. The number of amides is 2. The molecule has 0 saturated carbocycles. The van der Waals surface area contributed by atoms with Crippen molar-refractivity contribution in [2.45, 2.75) is 35.6 Å². The molecule has 4 rings (SSSR count). The summed E-state index contributed by atoms with van der Waals surface area (Å²) in [5.41, 5.74) is 2.35. The Balaban J connectivity index is 1.45. The molecule has 30 heavy (non-hydrogen) atoms. The fraction of sp³-hybridized carbons (Fsp3) is 0.318. The Hall–Kier alpha value is -3.00. The Morgan fingerprint density at radius 1 is 1.17 bits per heavy atom. The molecule has 1 saturated heterocycles. The molecule has 2 amide bonds. The Morgan fingerprint density at radius 2 is 1.87 bits per heavy atom. The zero-order valence-electron chi connectivity index (χ0n) is 17.0. The highest BCUT2D eigenvalue weighted by Gasteiger charge is 2.58. The minimum absolute atomic E-state index is 0.109. The first-order valence-corrected chi connectivity index (χ1v) is 10.5. The van der Waals surface area contributed by atoms with E-state index >= 15 is 0 Å². The molecule has 2 aliphatic heterocycles. The van der Waals surface area contributed by atoms with Crippen molar-refractivity contribution in [1.29, 1.82) is 0 Å². The lowest BCUT2D eigenvalue weighted by Gasteiger charge is -2.29. The van der Waals surface area contributed by atoms with Gasteiger partial charge in [0.05, 0.1) is 5.69 Å². The summed E-state index contributed by atoms with van der Waals surface area (Å²) < 4.78 is 5.54. The fourth-order valence-electron chi connectivity index (χ4n) is 3.67. The third-order valence-electron chi connectivity index (χ3n) is 5.30. The number of esters is 1. The number of rotatable bonds is 5. The van der Waals surface area contributed by atoms with Crippen molar-refractivity contribution < 1.29 is 19.1 Å². The van der Waals surface area contributed by atoms with Crippen LogP contribution in [0.3, 0.4) is 0 Å². The van der Waals surface area contributed by atoms with Gasteiger partial charge in [0.1, 0.15) is 0 Å². The average Bonchev–Trinajstić information content (AvgIpc) is 3.24. The molecule has 7 nitrogen and oxygen atoms in total. The topological polar surface area (TPSA) is 79.0 Å². The van der Waals surface area contributed by atoms with Crippen LogP contribution in [0.4, 0.5) is 17.1 Å². The molecule has 2 unspecified atom stereocenters. The van der Waals surface area contributed by atoms with Crippen molar-refractivity contribution in [3.8, 4) is 0 Å². The molecule has 156 valence electrons. The van der Waals surface area contributed by atoms with Gasteiger partial charge in [-0.15, -0.1) is 0 Å². The number of carbonyl (C=O) groups is 3. The minimum atomic E-state index is -1.14. The summed E-state index contributed by atoms with van der Waals surface area (Å²) in [4.78, 5) is 41.4. The normalized spacial score (nSPS) is 20.4. The third kappa shape index (κ3) is 3.41. The van der Waals surface area contributed by atoms with E-state index in [2.05, 4.69) is 5.32 Å². The van der Waals surface area contributed by atoms with Crippen LogP contribution in [0, 0.1) is 0 Å². The van der Waals surface area contributed by atoms with E-state index in [4.69, 9.17) is 4.74 Å². The van der Waals surface area contributed by atoms with Gasteiger partial charge in [-0.25, -0.2) is 4.79 Å². The van der Waals surface area contributed by atoms with E-state index in [-0.39, 0.29) is 12.3 Å². The molecular weight excluding hydrogens is 402 g/mol. The van der Waals surface area contributed by atoms with Crippen molar-refractivity contribution in [2.75, 3.05) is 29.2 Å². The van der Waals surface area contributed by atoms with Gasteiger partial charge in [-0.3, -0.25) is 14.5 Å². The molecule has 0 radical (unpaired) electrons. The van der Waals surface area contributed by atoms with Crippen molar-refractivity contribution >= 4 is 46.6 Å². The average molecular weight is 426 g/mol. The fourth-order valence-corrected chi connectivity index (χ4v) is 5.07. The molecule has 1 N–H and O–H groups in total. The number of ether oxygens (including phenoxy) is 1. The summed E-state index contributed by atoms with van der Waals surface area (Å²) in [6, 6.07) is 14.8. The van der Waals surface area contributed by atoms with Crippen LogP contribution in [-0.4, -0.2) is 42.9 Å². The van der Waals surface area contributed by atoms with E-state index in [1.165, 1.54) is 23.6 Å². The first-order valence-electron chi connectivity index (χ1n) is 9.72. The Bertz CT molecular complexity index is 1010. The molecule has 8 heteroatoms. The summed E-state index contributed by atoms with van der Waals surface area (Å²) in [6.07, 6.45) is -0.373. The Morgan fingerprint density at radius 3 is 2.57 bits per heavy atom. The van der Waals surface area contributed by atoms with E-state index < -0.39 is 22.9 Å². The maximum absolute atomic E-state index is 13.1. The van der Waals surface area contributed by atoms with E-state index in [0.717, 1.165) is 16.3 Å². The number of thioether (sulfide) groups is 1. The van der Waals surface area contributed by atoms with Crippen LogP contribution in [0.25, 0.3) is 0 Å². The molecule has 2 atom stereocenters. The highest BCUT2D eigenvalue weighted by atomic mass is 32.2. The van der Waals surface area contributed by atoms with Gasteiger partial charge >= 0.3 is 5.97 Å². The highest BCUT2D eigenvalue weighted by Crippen LogP contribution is 2.56. The third-order valence-corrected chi connectivity index (χ3v) is 6.75. The van der Waals surface area contributed by atoms with Gasteiger partial charge in [-0.05, 0) is 43.3 Å². The SMILES string of the molecule is CC(OC(=O)C12CCC(=O)N1c1ccccc1S2)C(=O)Nc1ccc(N(C)C)cc1. The molecule has 0 bridgehead atoms. The van der Waals surface area contributed by atoms with Crippen LogP contribution in [0.2, 0.25) is 0 Å². The first-order chi connectivity index (χ1) is 14.3. The lowest BCUT2D eigenvalue weighted by molar-refractivity contribution is -0.155. The Labute approximate surface area is 179 Å². The Kier molecular flexibility index (Phi) is 5.19. The molecule has 2 aliphatic rings. The maximum Gasteiger partial charge on any atom is 0.344 e. The highest BCUT2D eigenvalue weighted by molar-refractivity contribution is 8.02. The van der Waals surface area contributed by atoms with E-state index in [0.29, 0.717) is 12.1 Å². The van der Waals surface area contributed by atoms with Crippen LogP contribution < -0.4 is 15.1 Å². The van der Waals surface area contributed by atoms with Crippen LogP contribution in [0.15, 0.2) is 53.4 Å². The number of carbonyl (C=O) groups excluding carboxylic acids is 3. The van der Waals surface area contributed by atoms with Crippen LogP contribution in [0.5, 0.6) is 0 Å². The van der Waals surface area contributed by atoms with Gasteiger partial charge in [0.2, 0.25) is 5.91 Å². The predicted molar refractivity (Wildman–Crippen MR) is 117 cm³/mol.